The first kappa shape index (κ1) is 16.4. The van der Waals surface area contributed by atoms with Crippen molar-refractivity contribution >= 4 is 33.1 Å². The molecule has 2 aromatic carbocycles. The van der Waals surface area contributed by atoms with Gasteiger partial charge in [0.1, 0.15) is 5.82 Å². The summed E-state index contributed by atoms with van der Waals surface area (Å²) in [6.45, 7) is 1.78. The van der Waals surface area contributed by atoms with Crippen LogP contribution in [0.2, 0.25) is 0 Å². The molecular formula is C19H15FN4OS. The molecule has 1 atom stereocenters. The van der Waals surface area contributed by atoms with E-state index in [0.29, 0.717) is 5.69 Å². The molecule has 2 aromatic heterocycles. The van der Waals surface area contributed by atoms with Gasteiger partial charge in [0.15, 0.2) is 0 Å². The highest BCUT2D eigenvalue weighted by atomic mass is 32.1. The number of hydrogen-bond acceptors (Lipinski definition) is 4. The van der Waals surface area contributed by atoms with E-state index in [1.807, 2.05) is 24.3 Å². The molecule has 1 N–H and O–H groups in total. The summed E-state index contributed by atoms with van der Waals surface area (Å²) in [6, 6.07) is 13.8. The standard InChI is InChI=1S/C19H15FN4OS/c1-12(13-6-8-14(20)9-7-13)18(25)22-15-10-21-24(11-15)19-23-16-4-2-3-5-17(16)26-19/h2-12H,1H3,(H,22,25). The molecule has 0 fully saturated rings. The Morgan fingerprint density at radius 1 is 1.19 bits per heavy atom. The molecule has 4 aromatic rings. The SMILES string of the molecule is CC(C(=O)Nc1cnn(-c2nc3ccccc3s2)c1)c1ccc(F)cc1. The predicted octanol–water partition coefficient (Wildman–Crippen LogP) is 4.36. The van der Waals surface area contributed by atoms with Gasteiger partial charge in [-0.3, -0.25) is 4.79 Å². The van der Waals surface area contributed by atoms with Crippen LogP contribution in [0.3, 0.4) is 0 Å². The van der Waals surface area contributed by atoms with Gasteiger partial charge in [-0.15, -0.1) is 0 Å². The molecule has 0 saturated heterocycles. The molecule has 0 saturated carbocycles. The molecule has 1 unspecified atom stereocenters. The molecule has 0 spiro atoms. The number of carbonyl (C=O) groups excluding carboxylic acids is 1. The van der Waals surface area contributed by atoms with E-state index in [0.717, 1.165) is 20.9 Å². The number of rotatable bonds is 4. The topological polar surface area (TPSA) is 59.8 Å². The molecule has 2 heterocycles. The van der Waals surface area contributed by atoms with Gasteiger partial charge in [-0.05, 0) is 36.8 Å². The summed E-state index contributed by atoms with van der Waals surface area (Å²) < 4.78 is 15.7. The first-order chi connectivity index (χ1) is 12.6. The van der Waals surface area contributed by atoms with E-state index in [4.69, 9.17) is 0 Å². The van der Waals surface area contributed by atoms with Crippen LogP contribution in [0.15, 0.2) is 60.9 Å². The number of amides is 1. The van der Waals surface area contributed by atoms with E-state index in [1.165, 1.54) is 23.5 Å². The summed E-state index contributed by atoms with van der Waals surface area (Å²) in [4.78, 5) is 17.0. The average molecular weight is 366 g/mol. The Morgan fingerprint density at radius 3 is 2.73 bits per heavy atom. The number of aromatic nitrogens is 3. The second kappa shape index (κ2) is 6.68. The van der Waals surface area contributed by atoms with Crippen molar-refractivity contribution in [2.75, 3.05) is 5.32 Å². The summed E-state index contributed by atoms with van der Waals surface area (Å²) in [7, 11) is 0. The first-order valence-electron chi connectivity index (χ1n) is 8.07. The Morgan fingerprint density at radius 2 is 1.96 bits per heavy atom. The number of fused-ring (bicyclic) bond motifs is 1. The molecule has 1 amide bonds. The maximum atomic E-state index is 13.0. The van der Waals surface area contributed by atoms with Gasteiger partial charge in [0, 0.05) is 0 Å². The summed E-state index contributed by atoms with van der Waals surface area (Å²) in [6.07, 6.45) is 3.31. The Bertz CT molecular complexity index is 1040. The molecule has 4 rings (SSSR count). The smallest absolute Gasteiger partial charge is 0.231 e. The highest BCUT2D eigenvalue weighted by Gasteiger charge is 2.16. The van der Waals surface area contributed by atoms with Crippen molar-refractivity contribution in [3.8, 4) is 5.13 Å². The van der Waals surface area contributed by atoms with E-state index in [9.17, 15) is 9.18 Å². The minimum atomic E-state index is -0.401. The first-order valence-corrected chi connectivity index (χ1v) is 8.89. The third-order valence-electron chi connectivity index (χ3n) is 4.09. The third-order valence-corrected chi connectivity index (χ3v) is 5.12. The molecule has 0 aliphatic carbocycles. The number of nitrogens with one attached hydrogen (secondary N) is 1. The maximum Gasteiger partial charge on any atom is 0.231 e. The molecule has 5 nitrogen and oxygen atoms in total. The third kappa shape index (κ3) is 3.21. The van der Waals surface area contributed by atoms with Gasteiger partial charge in [-0.2, -0.15) is 5.10 Å². The average Bonchev–Trinajstić information content (AvgIpc) is 3.28. The van der Waals surface area contributed by atoms with Gasteiger partial charge in [0.25, 0.3) is 0 Å². The Kier molecular flexibility index (Phi) is 4.22. The quantitative estimate of drug-likeness (QED) is 0.584. The highest BCUT2D eigenvalue weighted by Crippen LogP contribution is 2.25. The molecule has 7 heteroatoms. The number of carbonyl (C=O) groups is 1. The van der Waals surface area contributed by atoms with Crippen LogP contribution in [-0.2, 0) is 4.79 Å². The Hall–Kier alpha value is -3.06. The van der Waals surface area contributed by atoms with Crippen LogP contribution in [0, 0.1) is 5.82 Å². The van der Waals surface area contributed by atoms with Crippen LogP contribution in [0.1, 0.15) is 18.4 Å². The molecular weight excluding hydrogens is 351 g/mol. The monoisotopic (exact) mass is 366 g/mol. The Balaban J connectivity index is 1.50. The van der Waals surface area contributed by atoms with Crippen molar-refractivity contribution in [1.29, 1.82) is 0 Å². The zero-order chi connectivity index (χ0) is 18.1. The lowest BCUT2D eigenvalue weighted by molar-refractivity contribution is -0.117. The van der Waals surface area contributed by atoms with Crippen LogP contribution < -0.4 is 5.32 Å². The van der Waals surface area contributed by atoms with Crippen molar-refractivity contribution in [3.05, 3.63) is 72.3 Å². The summed E-state index contributed by atoms with van der Waals surface area (Å²) in [5.74, 6) is -0.902. The Labute approximate surface area is 153 Å². The van der Waals surface area contributed by atoms with Crippen molar-refractivity contribution in [1.82, 2.24) is 14.8 Å². The molecule has 26 heavy (non-hydrogen) atoms. The number of para-hydroxylation sites is 1. The second-order valence-electron chi connectivity index (χ2n) is 5.90. The van der Waals surface area contributed by atoms with Crippen LogP contribution in [-0.4, -0.2) is 20.7 Å². The largest absolute Gasteiger partial charge is 0.323 e. The minimum absolute atomic E-state index is 0.180. The number of hydrogen-bond donors (Lipinski definition) is 1. The van der Waals surface area contributed by atoms with E-state index in [2.05, 4.69) is 15.4 Å². The fraction of sp³-hybridized carbons (Fsp3) is 0.105. The van der Waals surface area contributed by atoms with Crippen molar-refractivity contribution < 1.29 is 9.18 Å². The normalized spacial score (nSPS) is 12.2. The van der Waals surface area contributed by atoms with Crippen LogP contribution in [0.25, 0.3) is 15.3 Å². The number of anilines is 1. The van der Waals surface area contributed by atoms with Gasteiger partial charge < -0.3 is 5.32 Å². The van der Waals surface area contributed by atoms with Crippen molar-refractivity contribution in [2.45, 2.75) is 12.8 Å². The molecule has 0 bridgehead atoms. The van der Waals surface area contributed by atoms with Gasteiger partial charge >= 0.3 is 0 Å². The van der Waals surface area contributed by atoms with Gasteiger partial charge in [-0.25, -0.2) is 14.1 Å². The van der Waals surface area contributed by atoms with Crippen LogP contribution in [0.4, 0.5) is 10.1 Å². The maximum absolute atomic E-state index is 13.0. The highest BCUT2D eigenvalue weighted by molar-refractivity contribution is 7.20. The predicted molar refractivity (Wildman–Crippen MR) is 100 cm³/mol. The molecule has 0 radical (unpaired) electrons. The lowest BCUT2D eigenvalue weighted by Crippen LogP contribution is -2.18. The van der Waals surface area contributed by atoms with Gasteiger partial charge in [-0.1, -0.05) is 35.6 Å². The second-order valence-corrected chi connectivity index (χ2v) is 6.91. The summed E-state index contributed by atoms with van der Waals surface area (Å²) >= 11 is 1.53. The van der Waals surface area contributed by atoms with Gasteiger partial charge in [0.2, 0.25) is 11.0 Å². The van der Waals surface area contributed by atoms with Crippen molar-refractivity contribution in [3.63, 3.8) is 0 Å². The number of thiazole rings is 1. The number of benzene rings is 2. The molecule has 130 valence electrons. The van der Waals surface area contributed by atoms with E-state index in [-0.39, 0.29) is 11.7 Å². The zero-order valence-electron chi connectivity index (χ0n) is 13.9. The minimum Gasteiger partial charge on any atom is -0.323 e. The number of nitrogens with zero attached hydrogens (tertiary/aromatic N) is 3. The molecule has 0 aliphatic rings. The number of halogens is 1. The zero-order valence-corrected chi connectivity index (χ0v) is 14.7. The van der Waals surface area contributed by atoms with E-state index < -0.39 is 5.92 Å². The lowest BCUT2D eigenvalue weighted by Gasteiger charge is -2.11. The van der Waals surface area contributed by atoms with Crippen molar-refractivity contribution in [2.24, 2.45) is 0 Å². The fourth-order valence-corrected chi connectivity index (χ4v) is 3.50. The van der Waals surface area contributed by atoms with E-state index in [1.54, 1.807) is 36.1 Å². The van der Waals surface area contributed by atoms with Crippen LogP contribution in [0.5, 0.6) is 0 Å². The van der Waals surface area contributed by atoms with E-state index >= 15 is 0 Å². The van der Waals surface area contributed by atoms with Crippen LogP contribution >= 0.6 is 11.3 Å². The van der Waals surface area contributed by atoms with Gasteiger partial charge in [0.05, 0.1) is 34.2 Å². The summed E-state index contributed by atoms with van der Waals surface area (Å²) in [5.41, 5.74) is 2.25. The fourth-order valence-electron chi connectivity index (χ4n) is 2.60. The lowest BCUT2D eigenvalue weighted by atomic mass is 10.0. The molecule has 0 aliphatic heterocycles. The summed E-state index contributed by atoms with van der Waals surface area (Å²) in [5, 5.41) is 7.85.